The van der Waals surface area contributed by atoms with Gasteiger partial charge in [0.2, 0.25) is 0 Å². The van der Waals surface area contributed by atoms with Crippen LogP contribution in [0.2, 0.25) is 0 Å². The molecule has 1 aromatic carbocycles. The van der Waals surface area contributed by atoms with E-state index in [1.54, 1.807) is 25.6 Å². The van der Waals surface area contributed by atoms with Crippen molar-refractivity contribution in [1.82, 2.24) is 20.3 Å². The predicted octanol–water partition coefficient (Wildman–Crippen LogP) is 1.96. The summed E-state index contributed by atoms with van der Waals surface area (Å²) < 4.78 is 5.26. The molecule has 2 heterocycles. The van der Waals surface area contributed by atoms with Crippen LogP contribution in [0.15, 0.2) is 48.9 Å². The quantitative estimate of drug-likeness (QED) is 0.796. The van der Waals surface area contributed by atoms with Crippen LogP contribution in [0.5, 0.6) is 5.75 Å². The van der Waals surface area contributed by atoms with E-state index in [1.165, 1.54) is 6.20 Å². The Kier molecular flexibility index (Phi) is 3.91. The SMILES string of the molecule is COc1ccccc1CNC(=O)c1cnc2nccnc2c1. The summed E-state index contributed by atoms with van der Waals surface area (Å²) in [5, 5.41) is 2.85. The fraction of sp³-hybridized carbons (Fsp3) is 0.125. The molecule has 0 aliphatic rings. The van der Waals surface area contributed by atoms with Crippen molar-refractivity contribution in [1.29, 1.82) is 0 Å². The van der Waals surface area contributed by atoms with Crippen LogP contribution in [-0.2, 0) is 6.54 Å². The lowest BCUT2D eigenvalue weighted by Crippen LogP contribution is -2.23. The van der Waals surface area contributed by atoms with E-state index in [2.05, 4.69) is 20.3 Å². The minimum atomic E-state index is -0.217. The van der Waals surface area contributed by atoms with Crippen LogP contribution in [-0.4, -0.2) is 28.0 Å². The highest BCUT2D eigenvalue weighted by Gasteiger charge is 2.09. The molecule has 3 aromatic rings. The van der Waals surface area contributed by atoms with Crippen molar-refractivity contribution in [3.8, 4) is 5.75 Å². The molecule has 0 aliphatic carbocycles. The number of fused-ring (bicyclic) bond motifs is 1. The van der Waals surface area contributed by atoms with Crippen molar-refractivity contribution in [2.75, 3.05) is 7.11 Å². The van der Waals surface area contributed by atoms with Gasteiger partial charge in [0.15, 0.2) is 5.65 Å². The number of hydrogen-bond donors (Lipinski definition) is 1. The zero-order chi connectivity index (χ0) is 15.4. The third-order valence-electron chi connectivity index (χ3n) is 3.22. The van der Waals surface area contributed by atoms with Crippen molar-refractivity contribution in [2.45, 2.75) is 6.54 Å². The zero-order valence-corrected chi connectivity index (χ0v) is 12.0. The van der Waals surface area contributed by atoms with Crippen LogP contribution >= 0.6 is 0 Å². The molecule has 0 saturated heterocycles. The van der Waals surface area contributed by atoms with Crippen molar-refractivity contribution >= 4 is 17.1 Å². The van der Waals surface area contributed by atoms with Crippen LogP contribution < -0.4 is 10.1 Å². The molecule has 0 unspecified atom stereocenters. The molecule has 0 saturated carbocycles. The van der Waals surface area contributed by atoms with Crippen molar-refractivity contribution in [3.63, 3.8) is 0 Å². The number of aromatic nitrogens is 3. The van der Waals surface area contributed by atoms with Gasteiger partial charge in [0.25, 0.3) is 5.91 Å². The van der Waals surface area contributed by atoms with E-state index in [-0.39, 0.29) is 5.91 Å². The largest absolute Gasteiger partial charge is 0.496 e. The lowest BCUT2D eigenvalue weighted by molar-refractivity contribution is 0.0950. The number of benzene rings is 1. The van der Waals surface area contributed by atoms with Crippen LogP contribution in [0.3, 0.4) is 0 Å². The number of carbonyl (C=O) groups is 1. The third kappa shape index (κ3) is 2.85. The van der Waals surface area contributed by atoms with E-state index in [0.717, 1.165) is 11.3 Å². The first-order valence-electron chi connectivity index (χ1n) is 6.75. The second kappa shape index (κ2) is 6.17. The number of nitrogens with one attached hydrogen (secondary N) is 1. The summed E-state index contributed by atoms with van der Waals surface area (Å²) in [5.74, 6) is 0.524. The molecule has 110 valence electrons. The van der Waals surface area contributed by atoms with Crippen LogP contribution in [0.25, 0.3) is 11.2 Å². The van der Waals surface area contributed by atoms with E-state index >= 15 is 0 Å². The number of para-hydroxylation sites is 1. The second-order valence-electron chi connectivity index (χ2n) is 4.62. The molecule has 3 rings (SSSR count). The smallest absolute Gasteiger partial charge is 0.253 e. The molecule has 1 amide bonds. The minimum absolute atomic E-state index is 0.217. The van der Waals surface area contributed by atoms with Gasteiger partial charge in [0.05, 0.1) is 12.7 Å². The summed E-state index contributed by atoms with van der Waals surface area (Å²) in [4.78, 5) is 24.6. The Hall–Kier alpha value is -3.02. The molecule has 0 atom stereocenters. The summed E-state index contributed by atoms with van der Waals surface area (Å²) in [7, 11) is 1.60. The van der Waals surface area contributed by atoms with Gasteiger partial charge in [0, 0.05) is 30.7 Å². The minimum Gasteiger partial charge on any atom is -0.496 e. The number of nitrogens with zero attached hydrogens (tertiary/aromatic N) is 3. The molecule has 0 bridgehead atoms. The Labute approximate surface area is 127 Å². The number of carbonyl (C=O) groups excluding carboxylic acids is 1. The maximum absolute atomic E-state index is 12.2. The summed E-state index contributed by atoms with van der Waals surface area (Å²) in [6, 6.07) is 9.22. The Balaban J connectivity index is 1.75. The number of ether oxygens (including phenoxy) is 1. The molecule has 6 heteroatoms. The van der Waals surface area contributed by atoms with Crippen molar-refractivity contribution in [2.24, 2.45) is 0 Å². The standard InChI is InChI=1S/C16H14N4O2/c1-22-14-5-3-2-4-11(14)9-20-16(21)12-8-13-15(19-10-12)18-7-6-17-13/h2-8,10H,9H2,1H3,(H,20,21). The first-order chi connectivity index (χ1) is 10.8. The lowest BCUT2D eigenvalue weighted by atomic mass is 10.2. The zero-order valence-electron chi connectivity index (χ0n) is 12.0. The molecule has 22 heavy (non-hydrogen) atoms. The number of amides is 1. The van der Waals surface area contributed by atoms with Gasteiger partial charge in [-0.1, -0.05) is 18.2 Å². The second-order valence-corrected chi connectivity index (χ2v) is 4.62. The van der Waals surface area contributed by atoms with Crippen LogP contribution in [0.4, 0.5) is 0 Å². The van der Waals surface area contributed by atoms with Gasteiger partial charge in [-0.3, -0.25) is 9.78 Å². The van der Waals surface area contributed by atoms with Crippen molar-refractivity contribution in [3.05, 3.63) is 60.0 Å². The number of methoxy groups -OCH3 is 1. The molecular formula is C16H14N4O2. The van der Waals surface area contributed by atoms with Gasteiger partial charge < -0.3 is 10.1 Å². The first-order valence-corrected chi connectivity index (χ1v) is 6.75. The molecule has 0 fully saturated rings. The first kappa shape index (κ1) is 13.9. The summed E-state index contributed by atoms with van der Waals surface area (Å²) in [5.41, 5.74) is 2.46. The van der Waals surface area contributed by atoms with E-state index < -0.39 is 0 Å². The van der Waals surface area contributed by atoms with Gasteiger partial charge in [-0.25, -0.2) is 9.97 Å². The summed E-state index contributed by atoms with van der Waals surface area (Å²) in [6.07, 6.45) is 4.63. The van der Waals surface area contributed by atoms with E-state index in [0.29, 0.717) is 23.3 Å². The molecule has 0 spiro atoms. The molecule has 0 radical (unpaired) electrons. The van der Waals surface area contributed by atoms with E-state index in [4.69, 9.17) is 4.74 Å². The predicted molar refractivity (Wildman–Crippen MR) is 81.5 cm³/mol. The maximum Gasteiger partial charge on any atom is 0.253 e. The van der Waals surface area contributed by atoms with E-state index in [1.807, 2.05) is 24.3 Å². The Bertz CT molecular complexity index is 820. The topological polar surface area (TPSA) is 77.0 Å². The van der Waals surface area contributed by atoms with Crippen LogP contribution in [0.1, 0.15) is 15.9 Å². The van der Waals surface area contributed by atoms with E-state index in [9.17, 15) is 4.79 Å². The van der Waals surface area contributed by atoms with Gasteiger partial charge in [-0.2, -0.15) is 0 Å². The van der Waals surface area contributed by atoms with Gasteiger partial charge >= 0.3 is 0 Å². The number of pyridine rings is 1. The average Bonchev–Trinajstić information content (AvgIpc) is 2.59. The highest BCUT2D eigenvalue weighted by atomic mass is 16.5. The molecule has 6 nitrogen and oxygen atoms in total. The molecule has 2 aromatic heterocycles. The lowest BCUT2D eigenvalue weighted by Gasteiger charge is -2.09. The normalized spacial score (nSPS) is 10.4. The monoisotopic (exact) mass is 294 g/mol. The van der Waals surface area contributed by atoms with Crippen molar-refractivity contribution < 1.29 is 9.53 Å². The Morgan fingerprint density at radius 1 is 1.18 bits per heavy atom. The number of rotatable bonds is 4. The average molecular weight is 294 g/mol. The summed E-state index contributed by atoms with van der Waals surface area (Å²) in [6.45, 7) is 0.376. The molecular weight excluding hydrogens is 280 g/mol. The maximum atomic E-state index is 12.2. The molecule has 1 N–H and O–H groups in total. The van der Waals surface area contributed by atoms with Crippen LogP contribution in [0, 0.1) is 0 Å². The fourth-order valence-electron chi connectivity index (χ4n) is 2.11. The number of hydrogen-bond acceptors (Lipinski definition) is 5. The Morgan fingerprint density at radius 3 is 2.86 bits per heavy atom. The van der Waals surface area contributed by atoms with Gasteiger partial charge in [-0.05, 0) is 12.1 Å². The van der Waals surface area contributed by atoms with Gasteiger partial charge in [0.1, 0.15) is 11.3 Å². The highest BCUT2D eigenvalue weighted by Crippen LogP contribution is 2.17. The summed E-state index contributed by atoms with van der Waals surface area (Å²) >= 11 is 0. The highest BCUT2D eigenvalue weighted by molar-refractivity contribution is 5.96. The fourth-order valence-corrected chi connectivity index (χ4v) is 2.11. The van der Waals surface area contributed by atoms with Gasteiger partial charge in [-0.15, -0.1) is 0 Å². The Morgan fingerprint density at radius 2 is 2.00 bits per heavy atom. The third-order valence-corrected chi connectivity index (χ3v) is 3.22. The molecule has 0 aliphatic heterocycles.